The first kappa shape index (κ1) is 14.0. The zero-order valence-electron chi connectivity index (χ0n) is 12.1. The molecule has 3 N–H and O–H groups in total. The highest BCUT2D eigenvalue weighted by Gasteiger charge is 2.23. The Labute approximate surface area is 126 Å². The molecule has 9 nitrogen and oxygen atoms in total. The molecule has 2 aromatic rings. The van der Waals surface area contributed by atoms with Crippen LogP contribution in [0.4, 0.5) is 10.6 Å². The van der Waals surface area contributed by atoms with Gasteiger partial charge in [-0.3, -0.25) is 0 Å². The van der Waals surface area contributed by atoms with E-state index in [-0.39, 0.29) is 0 Å². The van der Waals surface area contributed by atoms with Crippen molar-refractivity contribution >= 4 is 17.4 Å². The van der Waals surface area contributed by atoms with Crippen molar-refractivity contribution in [1.29, 1.82) is 0 Å². The lowest BCUT2D eigenvalue weighted by Gasteiger charge is -2.22. The van der Waals surface area contributed by atoms with E-state index in [1.165, 1.54) is 6.20 Å². The average molecular weight is 301 g/mol. The van der Waals surface area contributed by atoms with Crippen molar-refractivity contribution in [1.82, 2.24) is 30.6 Å². The maximum atomic E-state index is 11.2. The van der Waals surface area contributed by atoms with Crippen LogP contribution in [-0.4, -0.2) is 51.4 Å². The molecule has 1 aliphatic heterocycles. The van der Waals surface area contributed by atoms with Crippen molar-refractivity contribution in [2.24, 2.45) is 0 Å². The Morgan fingerprint density at radius 3 is 2.82 bits per heavy atom. The van der Waals surface area contributed by atoms with Crippen molar-refractivity contribution in [3.05, 3.63) is 36.4 Å². The molecule has 0 aromatic carbocycles. The number of nitrogens with zero attached hydrogens (tertiary/aromatic N) is 5. The van der Waals surface area contributed by atoms with Crippen molar-refractivity contribution in [2.45, 2.75) is 6.23 Å². The third-order valence-electron chi connectivity index (χ3n) is 3.15. The second-order valence-corrected chi connectivity index (χ2v) is 4.90. The van der Waals surface area contributed by atoms with Crippen molar-refractivity contribution in [3.63, 3.8) is 0 Å². The van der Waals surface area contributed by atoms with Gasteiger partial charge in [0.25, 0.3) is 0 Å². The minimum absolute atomic E-state index is 0.422. The summed E-state index contributed by atoms with van der Waals surface area (Å²) in [5.74, 6) is 0.635. The number of urea groups is 1. The smallest absolute Gasteiger partial charge is 0.321 e. The van der Waals surface area contributed by atoms with Crippen LogP contribution in [0.25, 0.3) is 11.3 Å². The van der Waals surface area contributed by atoms with Gasteiger partial charge in [0.2, 0.25) is 0 Å². The summed E-state index contributed by atoms with van der Waals surface area (Å²) in [7, 11) is 3.71. The van der Waals surface area contributed by atoms with Crippen molar-refractivity contribution in [2.75, 3.05) is 19.0 Å². The first-order valence-electron chi connectivity index (χ1n) is 6.57. The Bertz CT molecular complexity index is 724. The topological polar surface area (TPSA) is 108 Å². The molecular weight excluding hydrogens is 286 g/mol. The molecule has 9 heteroatoms. The molecule has 1 unspecified atom stereocenters. The maximum absolute atomic E-state index is 11.2. The zero-order chi connectivity index (χ0) is 15.7. The van der Waals surface area contributed by atoms with Crippen molar-refractivity contribution < 1.29 is 9.90 Å². The molecule has 2 amide bonds. The lowest BCUT2D eigenvalue weighted by molar-refractivity contribution is 0.181. The second-order valence-electron chi connectivity index (χ2n) is 4.90. The molecule has 0 radical (unpaired) electrons. The van der Waals surface area contributed by atoms with Gasteiger partial charge < -0.3 is 20.6 Å². The number of aliphatic hydroxyl groups is 1. The molecule has 114 valence electrons. The fraction of sp³-hybridized carbons (Fsp3) is 0.231. The molecule has 0 aliphatic carbocycles. The molecular formula is C13H15N7O2. The van der Waals surface area contributed by atoms with Gasteiger partial charge in [0, 0.05) is 38.3 Å². The van der Waals surface area contributed by atoms with Gasteiger partial charge in [-0.15, -0.1) is 10.2 Å². The lowest BCUT2D eigenvalue weighted by Crippen LogP contribution is -2.45. The molecule has 1 aliphatic rings. The van der Waals surface area contributed by atoms with Crippen LogP contribution in [0.5, 0.6) is 0 Å². The summed E-state index contributed by atoms with van der Waals surface area (Å²) in [6.07, 6.45) is 3.73. The molecule has 0 spiro atoms. The number of amides is 2. The van der Waals surface area contributed by atoms with Crippen LogP contribution < -0.4 is 15.5 Å². The van der Waals surface area contributed by atoms with Crippen LogP contribution in [0.3, 0.4) is 0 Å². The first-order valence-corrected chi connectivity index (χ1v) is 6.57. The number of aromatic nitrogens is 4. The number of hydrogen-bond donors (Lipinski definition) is 3. The monoisotopic (exact) mass is 301 g/mol. The largest absolute Gasteiger partial charge is 0.369 e. The van der Waals surface area contributed by atoms with Crippen LogP contribution >= 0.6 is 0 Å². The summed E-state index contributed by atoms with van der Waals surface area (Å²) >= 11 is 0. The van der Waals surface area contributed by atoms with E-state index in [9.17, 15) is 9.90 Å². The van der Waals surface area contributed by atoms with E-state index in [0.717, 1.165) is 0 Å². The molecule has 3 heterocycles. The third-order valence-corrected chi connectivity index (χ3v) is 3.15. The second kappa shape index (κ2) is 5.45. The van der Waals surface area contributed by atoms with Crippen LogP contribution in [0.2, 0.25) is 0 Å². The fourth-order valence-electron chi connectivity index (χ4n) is 2.09. The Balaban J connectivity index is 2.08. The summed E-state index contributed by atoms with van der Waals surface area (Å²) in [6.45, 7) is 0. The normalized spacial score (nSPS) is 17.5. The van der Waals surface area contributed by atoms with Crippen LogP contribution in [0.1, 0.15) is 5.69 Å². The molecule has 3 rings (SSSR count). The van der Waals surface area contributed by atoms with Gasteiger partial charge in [0.15, 0.2) is 12.0 Å². The van der Waals surface area contributed by atoms with E-state index < -0.39 is 12.3 Å². The van der Waals surface area contributed by atoms with Crippen molar-refractivity contribution in [3.8, 4) is 5.69 Å². The summed E-state index contributed by atoms with van der Waals surface area (Å²) in [6, 6.07) is 3.08. The van der Waals surface area contributed by atoms with E-state index in [2.05, 4.69) is 25.9 Å². The third kappa shape index (κ3) is 2.49. The minimum atomic E-state index is -1.14. The number of carbonyl (C=O) groups is 1. The number of nitrogens with one attached hydrogen (secondary N) is 2. The van der Waals surface area contributed by atoms with Gasteiger partial charge in [-0.25, -0.2) is 9.48 Å². The Hall–Kier alpha value is -2.94. The highest BCUT2D eigenvalue weighted by atomic mass is 16.3. The van der Waals surface area contributed by atoms with E-state index in [1.807, 2.05) is 19.0 Å². The summed E-state index contributed by atoms with van der Waals surface area (Å²) in [5.41, 5.74) is 1.58. The van der Waals surface area contributed by atoms with E-state index in [4.69, 9.17) is 0 Å². The highest BCUT2D eigenvalue weighted by Crippen LogP contribution is 2.24. The first-order chi connectivity index (χ1) is 10.6. The molecule has 22 heavy (non-hydrogen) atoms. The predicted octanol–water partition coefficient (Wildman–Crippen LogP) is -0.300. The standard InChI is InChI=1S/C13H15N7O2/c1-19(2)11-10(20-5-3-4-15-20)6-9(17-18-11)8-7-14-13(22)16-12(8)21/h3-7,12,21H,1-2H3,(H2,14,16,22). The molecule has 0 bridgehead atoms. The van der Waals surface area contributed by atoms with Gasteiger partial charge in [0.1, 0.15) is 5.69 Å². The quantitative estimate of drug-likeness (QED) is 0.718. The van der Waals surface area contributed by atoms with Gasteiger partial charge in [0.05, 0.1) is 5.69 Å². The van der Waals surface area contributed by atoms with E-state index >= 15 is 0 Å². The van der Waals surface area contributed by atoms with Crippen LogP contribution in [0, 0.1) is 0 Å². The Kier molecular flexibility index (Phi) is 3.47. The van der Waals surface area contributed by atoms with Gasteiger partial charge in [-0.2, -0.15) is 5.10 Å². The molecule has 1 atom stereocenters. The fourth-order valence-corrected chi connectivity index (χ4v) is 2.09. The molecule has 0 saturated heterocycles. The minimum Gasteiger partial charge on any atom is -0.369 e. The molecule has 0 fully saturated rings. The van der Waals surface area contributed by atoms with E-state index in [1.54, 1.807) is 29.2 Å². The summed E-state index contributed by atoms with van der Waals surface area (Å²) in [4.78, 5) is 13.0. The Morgan fingerprint density at radius 2 is 2.18 bits per heavy atom. The number of carbonyl (C=O) groups excluding carboxylic acids is 1. The zero-order valence-corrected chi connectivity index (χ0v) is 12.1. The average Bonchev–Trinajstić information content (AvgIpc) is 3.00. The van der Waals surface area contributed by atoms with Gasteiger partial charge in [-0.05, 0) is 12.1 Å². The van der Waals surface area contributed by atoms with Gasteiger partial charge >= 0.3 is 6.03 Å². The van der Waals surface area contributed by atoms with Gasteiger partial charge in [-0.1, -0.05) is 0 Å². The molecule has 0 saturated carbocycles. The number of aliphatic hydroxyl groups excluding tert-OH is 1. The predicted molar refractivity (Wildman–Crippen MR) is 79.1 cm³/mol. The highest BCUT2D eigenvalue weighted by molar-refractivity contribution is 5.84. The Morgan fingerprint density at radius 1 is 1.36 bits per heavy atom. The maximum Gasteiger partial charge on any atom is 0.321 e. The lowest BCUT2D eigenvalue weighted by atomic mass is 10.1. The summed E-state index contributed by atoms with van der Waals surface area (Å²) in [5, 5.41) is 27.3. The number of anilines is 1. The van der Waals surface area contributed by atoms with Crippen LogP contribution in [0.15, 0.2) is 30.7 Å². The number of hydrogen-bond acceptors (Lipinski definition) is 6. The molecule has 2 aromatic heterocycles. The summed E-state index contributed by atoms with van der Waals surface area (Å²) < 4.78 is 1.66. The SMILES string of the molecule is CN(C)c1nnc(C2=CNC(=O)NC2O)cc1-n1cccn1. The van der Waals surface area contributed by atoms with E-state index in [0.29, 0.717) is 22.8 Å². The number of rotatable bonds is 3. The van der Waals surface area contributed by atoms with Crippen LogP contribution in [-0.2, 0) is 0 Å².